The molecule has 0 radical (unpaired) electrons. The maximum atomic E-state index is 14.5. The van der Waals surface area contributed by atoms with E-state index in [2.05, 4.69) is 0 Å². The van der Waals surface area contributed by atoms with Crippen LogP contribution in [0, 0.1) is 28.6 Å². The minimum Gasteiger partial charge on any atom is -0.508 e. The predicted octanol–water partition coefficient (Wildman–Crippen LogP) is 5.86. The molecule has 0 aliphatic heterocycles. The summed E-state index contributed by atoms with van der Waals surface area (Å²) < 4.78 is 0. The van der Waals surface area contributed by atoms with Crippen LogP contribution in [0.15, 0.2) is 23.0 Å². The number of hydrogen-bond acceptors (Lipinski definition) is 8. The van der Waals surface area contributed by atoms with Crippen molar-refractivity contribution in [3.8, 4) is 5.75 Å². The second-order valence-electron chi connectivity index (χ2n) is 14.6. The standard InChI is InChI=1S/C35H46O8/c1-16(2)10-11-21(37)12-20-13-22(17(3)4)23-14-33(8)15-34(9)26(18(5)6)29(39)24(19(7)36)31(41)35(34,43)32(42)27(33)30(40)25(23)28(20)38/h13,16-18,26,38,40-41,43H,10-12,14-15H2,1-9H3/t26?,33-,34-,35+/m1/s1. The number of allylic oxidation sites excluding steroid dienone is 1. The van der Waals surface area contributed by atoms with Crippen molar-refractivity contribution in [1.82, 2.24) is 0 Å². The Morgan fingerprint density at radius 2 is 1.63 bits per heavy atom. The van der Waals surface area contributed by atoms with Crippen molar-refractivity contribution in [3.05, 3.63) is 45.2 Å². The number of carbonyl (C=O) groups excluding carboxylic acids is 4. The van der Waals surface area contributed by atoms with Gasteiger partial charge in [-0.3, -0.25) is 19.2 Å². The molecule has 8 heteroatoms. The summed E-state index contributed by atoms with van der Waals surface area (Å²) in [6, 6.07) is 1.81. The number of hydrogen-bond donors (Lipinski definition) is 4. The van der Waals surface area contributed by atoms with E-state index in [-0.39, 0.29) is 53.8 Å². The first-order chi connectivity index (χ1) is 19.7. The van der Waals surface area contributed by atoms with E-state index in [9.17, 15) is 39.6 Å². The van der Waals surface area contributed by atoms with E-state index in [0.717, 1.165) is 12.5 Å². The van der Waals surface area contributed by atoms with E-state index in [1.54, 1.807) is 27.7 Å². The molecular weight excluding hydrogens is 548 g/mol. The Hall–Kier alpha value is -3.26. The highest BCUT2D eigenvalue weighted by atomic mass is 16.3. The molecule has 1 saturated carbocycles. The molecule has 1 aromatic carbocycles. The zero-order valence-electron chi connectivity index (χ0n) is 26.8. The molecule has 1 aromatic rings. The number of carbonyl (C=O) groups is 4. The molecule has 0 spiro atoms. The van der Waals surface area contributed by atoms with Crippen LogP contribution in [-0.2, 0) is 32.0 Å². The van der Waals surface area contributed by atoms with Crippen molar-refractivity contribution in [2.45, 2.75) is 106 Å². The largest absolute Gasteiger partial charge is 0.508 e. The molecule has 0 heterocycles. The Morgan fingerprint density at radius 1 is 1.02 bits per heavy atom. The number of ketones is 4. The van der Waals surface area contributed by atoms with Gasteiger partial charge in [0.1, 0.15) is 28.6 Å². The lowest BCUT2D eigenvalue weighted by atomic mass is 9.43. The first-order valence-electron chi connectivity index (χ1n) is 15.3. The lowest BCUT2D eigenvalue weighted by molar-refractivity contribution is -0.178. The highest BCUT2D eigenvalue weighted by molar-refractivity contribution is 6.24. The molecule has 3 aliphatic carbocycles. The van der Waals surface area contributed by atoms with Gasteiger partial charge >= 0.3 is 0 Å². The highest BCUT2D eigenvalue weighted by Gasteiger charge is 2.72. The number of aliphatic hydroxyl groups excluding tert-OH is 2. The van der Waals surface area contributed by atoms with Crippen molar-refractivity contribution < 1.29 is 39.6 Å². The van der Waals surface area contributed by atoms with Crippen molar-refractivity contribution in [2.75, 3.05) is 0 Å². The summed E-state index contributed by atoms with van der Waals surface area (Å²) in [5.41, 5.74) is -4.14. The quantitative estimate of drug-likeness (QED) is 0.273. The Morgan fingerprint density at radius 3 is 2.14 bits per heavy atom. The average Bonchev–Trinajstić information content (AvgIpc) is 2.85. The number of aliphatic hydroxyl groups is 3. The molecule has 1 fully saturated rings. The second kappa shape index (κ2) is 10.7. The van der Waals surface area contributed by atoms with Gasteiger partial charge in [-0.1, -0.05) is 61.5 Å². The summed E-state index contributed by atoms with van der Waals surface area (Å²) in [7, 11) is 0. The van der Waals surface area contributed by atoms with Gasteiger partial charge in [-0.15, -0.1) is 0 Å². The van der Waals surface area contributed by atoms with Crippen molar-refractivity contribution in [2.24, 2.45) is 28.6 Å². The van der Waals surface area contributed by atoms with E-state index < -0.39 is 56.8 Å². The van der Waals surface area contributed by atoms with Gasteiger partial charge < -0.3 is 20.4 Å². The van der Waals surface area contributed by atoms with Crippen LogP contribution in [0.1, 0.15) is 110 Å². The lowest BCUT2D eigenvalue weighted by Gasteiger charge is -2.60. The Bertz CT molecular complexity index is 1490. The van der Waals surface area contributed by atoms with Gasteiger partial charge in [0.05, 0.1) is 5.56 Å². The molecule has 0 bridgehead atoms. The number of rotatable bonds is 8. The molecule has 4 N–H and O–H groups in total. The number of Topliss-reactive ketones (excluding diaryl/α,β-unsaturated/α-hetero) is 4. The summed E-state index contributed by atoms with van der Waals surface area (Å²) in [5, 5.41) is 46.9. The molecule has 8 nitrogen and oxygen atoms in total. The maximum Gasteiger partial charge on any atom is 0.203 e. The normalized spacial score (nSPS) is 28.9. The summed E-state index contributed by atoms with van der Waals surface area (Å²) in [5.74, 6) is -5.27. The fourth-order valence-electron chi connectivity index (χ4n) is 8.27. The molecule has 0 aromatic heterocycles. The maximum absolute atomic E-state index is 14.5. The topological polar surface area (TPSA) is 149 Å². The molecule has 234 valence electrons. The third-order valence-corrected chi connectivity index (χ3v) is 10.1. The van der Waals surface area contributed by atoms with Crippen LogP contribution < -0.4 is 0 Å². The lowest BCUT2D eigenvalue weighted by Crippen LogP contribution is -2.69. The number of fused-ring (bicyclic) bond motifs is 3. The van der Waals surface area contributed by atoms with Crippen LogP contribution in [0.4, 0.5) is 0 Å². The molecule has 0 saturated heterocycles. The van der Waals surface area contributed by atoms with Crippen molar-refractivity contribution >= 4 is 28.9 Å². The third-order valence-electron chi connectivity index (χ3n) is 10.1. The smallest absolute Gasteiger partial charge is 0.203 e. The van der Waals surface area contributed by atoms with Crippen LogP contribution in [0.25, 0.3) is 5.76 Å². The monoisotopic (exact) mass is 594 g/mol. The molecule has 43 heavy (non-hydrogen) atoms. The van der Waals surface area contributed by atoms with Crippen molar-refractivity contribution in [1.29, 1.82) is 0 Å². The molecule has 4 rings (SSSR count). The van der Waals surface area contributed by atoms with Gasteiger partial charge in [0.15, 0.2) is 17.2 Å². The Labute approximate surface area is 253 Å². The van der Waals surface area contributed by atoms with Gasteiger partial charge in [-0.2, -0.15) is 0 Å². The molecule has 3 aliphatic rings. The highest BCUT2D eigenvalue weighted by Crippen LogP contribution is 2.65. The summed E-state index contributed by atoms with van der Waals surface area (Å²) in [6.45, 7) is 16.1. The number of phenols is 1. The van der Waals surface area contributed by atoms with E-state index in [1.807, 2.05) is 33.8 Å². The molecule has 4 atom stereocenters. The Kier molecular flexibility index (Phi) is 8.14. The molecule has 1 unspecified atom stereocenters. The minimum atomic E-state index is -2.65. The van der Waals surface area contributed by atoms with Gasteiger partial charge in [0.2, 0.25) is 5.78 Å². The first-order valence-corrected chi connectivity index (χ1v) is 15.3. The summed E-state index contributed by atoms with van der Waals surface area (Å²) in [4.78, 5) is 53.6. The zero-order valence-corrected chi connectivity index (χ0v) is 26.8. The fourth-order valence-corrected chi connectivity index (χ4v) is 8.27. The van der Waals surface area contributed by atoms with Crippen LogP contribution in [0.5, 0.6) is 5.75 Å². The van der Waals surface area contributed by atoms with Crippen molar-refractivity contribution in [3.63, 3.8) is 0 Å². The van der Waals surface area contributed by atoms with Crippen LogP contribution in [0.2, 0.25) is 0 Å². The minimum absolute atomic E-state index is 0.0366. The van der Waals surface area contributed by atoms with Crippen LogP contribution >= 0.6 is 0 Å². The number of benzene rings is 1. The third kappa shape index (κ3) is 4.68. The van der Waals surface area contributed by atoms with E-state index >= 15 is 0 Å². The van der Waals surface area contributed by atoms with E-state index in [1.165, 1.54) is 0 Å². The predicted molar refractivity (Wildman–Crippen MR) is 163 cm³/mol. The van der Waals surface area contributed by atoms with E-state index in [4.69, 9.17) is 0 Å². The second-order valence-corrected chi connectivity index (χ2v) is 14.6. The number of phenolic OH excluding ortho intramolecular Hbond substituents is 1. The SMILES string of the molecule is CC(=O)C1=C(O)[C@]2(O)C(=O)C3=C(O)c4c(O)c(CC(=O)CCC(C)C)cc(C(C)C)c4C[C@]3(C)C[C@]2(C)C(C(C)C)C1=O. The number of aromatic hydroxyl groups is 1. The summed E-state index contributed by atoms with van der Waals surface area (Å²) in [6.07, 6.45) is 1.27. The summed E-state index contributed by atoms with van der Waals surface area (Å²) >= 11 is 0. The zero-order chi connectivity index (χ0) is 32.6. The Balaban J connectivity index is 2.00. The molecular formula is C35H46O8. The fraction of sp³-hybridized carbons (Fsp3) is 0.600. The van der Waals surface area contributed by atoms with Gasteiger partial charge in [0, 0.05) is 40.7 Å². The van der Waals surface area contributed by atoms with Gasteiger partial charge in [0.25, 0.3) is 0 Å². The van der Waals surface area contributed by atoms with Crippen LogP contribution in [-0.4, -0.2) is 49.2 Å². The van der Waals surface area contributed by atoms with E-state index in [0.29, 0.717) is 29.9 Å². The van der Waals surface area contributed by atoms with Gasteiger partial charge in [-0.05, 0) is 55.1 Å². The molecule has 0 amide bonds. The van der Waals surface area contributed by atoms with Crippen LogP contribution in [0.3, 0.4) is 0 Å². The first kappa shape index (κ1) is 32.6. The average molecular weight is 595 g/mol. The van der Waals surface area contributed by atoms with Gasteiger partial charge in [-0.25, -0.2) is 0 Å².